The molecular weight excluding hydrogens is 616 g/mol. The molecule has 6 rings (SSSR count). The van der Waals surface area contributed by atoms with Gasteiger partial charge in [0, 0.05) is 11.6 Å². The van der Waals surface area contributed by atoms with Crippen LogP contribution in [-0.4, -0.2) is 44.9 Å². The van der Waals surface area contributed by atoms with E-state index in [1.807, 2.05) is 13.0 Å². The maximum Gasteiger partial charge on any atom is 0.343 e. The number of fused-ring (bicyclic) bond motifs is 1. The zero-order valence-corrected chi connectivity index (χ0v) is 26.8. The number of anilines is 1. The number of sulfonamides is 1. The number of carbonyl (C=O) groups is 3. The number of hydrogen-bond donors (Lipinski definition) is 0. The molecule has 0 spiro atoms. The molecule has 4 aromatic carbocycles. The normalized spacial score (nSPS) is 19.5. The van der Waals surface area contributed by atoms with Crippen molar-refractivity contribution in [2.24, 2.45) is 5.92 Å². The van der Waals surface area contributed by atoms with Gasteiger partial charge in [-0.2, -0.15) is 0 Å². The van der Waals surface area contributed by atoms with Crippen LogP contribution in [0, 0.1) is 12.8 Å². The molecule has 3 atom stereocenters. The van der Waals surface area contributed by atoms with E-state index < -0.39 is 45.9 Å². The van der Waals surface area contributed by atoms with Crippen molar-refractivity contribution in [1.82, 2.24) is 4.31 Å². The summed E-state index contributed by atoms with van der Waals surface area (Å²) in [5, 5.41) is 0. The molecule has 2 aliphatic rings. The van der Waals surface area contributed by atoms with Gasteiger partial charge in [-0.25, -0.2) is 27.1 Å². The van der Waals surface area contributed by atoms with Crippen LogP contribution in [0.15, 0.2) is 143 Å². The van der Waals surface area contributed by atoms with Crippen molar-refractivity contribution in [3.63, 3.8) is 0 Å². The number of hydrogen-bond acceptors (Lipinski definition) is 7. The number of aryl methyl sites for hydroxylation is 1. The van der Waals surface area contributed by atoms with E-state index in [0.29, 0.717) is 22.5 Å². The Labute approximate surface area is 273 Å². The Morgan fingerprint density at radius 1 is 0.681 bits per heavy atom. The topological polar surface area (TPSA) is 110 Å². The summed E-state index contributed by atoms with van der Waals surface area (Å²) in [7, 11) is -2.14. The molecule has 0 unspecified atom stereocenters. The summed E-state index contributed by atoms with van der Waals surface area (Å²) >= 11 is 0. The number of esters is 2. The van der Waals surface area contributed by atoms with Crippen molar-refractivity contribution in [2.45, 2.75) is 23.8 Å². The Morgan fingerprint density at radius 3 is 1.74 bits per heavy atom. The zero-order valence-electron chi connectivity index (χ0n) is 25.9. The van der Waals surface area contributed by atoms with Gasteiger partial charge in [-0.15, -0.1) is 0 Å². The van der Waals surface area contributed by atoms with Crippen molar-refractivity contribution in [3.8, 4) is 0 Å². The fraction of sp³-hybridized carbons (Fsp3) is 0.162. The third-order valence-corrected chi connectivity index (χ3v) is 10.2. The molecule has 47 heavy (non-hydrogen) atoms. The molecule has 4 aromatic rings. The number of amides is 2. The number of urea groups is 1. The first-order valence-corrected chi connectivity index (χ1v) is 16.4. The second-order valence-corrected chi connectivity index (χ2v) is 13.0. The average molecular weight is 649 g/mol. The van der Waals surface area contributed by atoms with Gasteiger partial charge in [0.1, 0.15) is 0 Å². The molecule has 0 radical (unpaired) electrons. The van der Waals surface area contributed by atoms with Crippen molar-refractivity contribution >= 4 is 33.7 Å². The minimum Gasteiger partial charge on any atom is -0.466 e. The van der Waals surface area contributed by atoms with Crippen molar-refractivity contribution in [2.75, 3.05) is 19.1 Å². The molecule has 1 heterocycles. The molecule has 1 aliphatic heterocycles. The number of carbonyl (C=O) groups excluding carboxylic acids is 3. The highest BCUT2D eigenvalue weighted by Gasteiger charge is 2.55. The van der Waals surface area contributed by atoms with Crippen LogP contribution in [0.3, 0.4) is 0 Å². The van der Waals surface area contributed by atoms with Gasteiger partial charge >= 0.3 is 18.0 Å². The van der Waals surface area contributed by atoms with E-state index in [-0.39, 0.29) is 16.0 Å². The number of methoxy groups -OCH3 is 2. The van der Waals surface area contributed by atoms with Crippen LogP contribution in [0.4, 0.5) is 10.5 Å². The highest BCUT2D eigenvalue weighted by Crippen LogP contribution is 2.53. The fourth-order valence-corrected chi connectivity index (χ4v) is 7.88. The summed E-state index contributed by atoms with van der Waals surface area (Å²) in [5.41, 5.74) is 2.53. The van der Waals surface area contributed by atoms with Gasteiger partial charge in [0.15, 0.2) is 0 Å². The van der Waals surface area contributed by atoms with E-state index in [0.717, 1.165) is 9.87 Å². The van der Waals surface area contributed by atoms with Gasteiger partial charge in [-0.3, -0.25) is 4.90 Å². The molecule has 9 nitrogen and oxygen atoms in total. The lowest BCUT2D eigenvalue weighted by atomic mass is 9.71. The first kappa shape index (κ1) is 31.5. The Bertz CT molecular complexity index is 1990. The van der Waals surface area contributed by atoms with Crippen molar-refractivity contribution < 1.29 is 32.3 Å². The maximum absolute atomic E-state index is 14.9. The van der Waals surface area contributed by atoms with E-state index in [2.05, 4.69) is 0 Å². The van der Waals surface area contributed by atoms with Gasteiger partial charge in [0.25, 0.3) is 10.0 Å². The van der Waals surface area contributed by atoms with E-state index in [1.54, 1.807) is 103 Å². The Morgan fingerprint density at radius 2 is 1.19 bits per heavy atom. The number of benzene rings is 4. The number of para-hydroxylation sites is 1. The molecule has 1 aliphatic carbocycles. The van der Waals surface area contributed by atoms with E-state index in [4.69, 9.17) is 9.47 Å². The molecular formula is C37H32N2O7S. The molecule has 0 bridgehead atoms. The van der Waals surface area contributed by atoms with Crippen LogP contribution in [0.1, 0.15) is 28.7 Å². The van der Waals surface area contributed by atoms with Crippen molar-refractivity contribution in [1.29, 1.82) is 0 Å². The highest BCUT2D eigenvalue weighted by atomic mass is 32.2. The summed E-state index contributed by atoms with van der Waals surface area (Å²) in [5.74, 6) is -3.63. The van der Waals surface area contributed by atoms with Crippen LogP contribution in [0.2, 0.25) is 0 Å². The lowest BCUT2D eigenvalue weighted by molar-refractivity contribution is -0.140. The quantitative estimate of drug-likeness (QED) is 0.216. The Kier molecular flexibility index (Phi) is 8.53. The second kappa shape index (κ2) is 12.7. The SMILES string of the molecule is COC(=O)C1=C(C(=O)OC)[C@@H](c2ccccc2)C=C2[C@H]1[C@@H](c1ccccc1)N(S(=O)(=O)c1ccc(C)cc1)C(=O)N2c1ccccc1. The lowest BCUT2D eigenvalue weighted by Crippen LogP contribution is -2.57. The summed E-state index contributed by atoms with van der Waals surface area (Å²) in [6.45, 7) is 1.83. The third-order valence-electron chi connectivity index (χ3n) is 8.48. The lowest BCUT2D eigenvalue weighted by Gasteiger charge is -2.49. The third kappa shape index (κ3) is 5.50. The first-order chi connectivity index (χ1) is 22.7. The van der Waals surface area contributed by atoms with Crippen LogP contribution in [0.25, 0.3) is 0 Å². The highest BCUT2D eigenvalue weighted by molar-refractivity contribution is 7.89. The minimum atomic E-state index is -4.56. The molecule has 10 heteroatoms. The molecule has 0 N–H and O–H groups in total. The van der Waals surface area contributed by atoms with Crippen LogP contribution >= 0.6 is 0 Å². The summed E-state index contributed by atoms with van der Waals surface area (Å²) < 4.78 is 40.8. The Hall–Kier alpha value is -5.48. The predicted molar refractivity (Wildman–Crippen MR) is 176 cm³/mol. The number of allylic oxidation sites excluding steroid dienone is 1. The van der Waals surface area contributed by atoms with Gasteiger partial charge in [-0.05, 0) is 42.3 Å². The molecule has 0 aromatic heterocycles. The Balaban J connectivity index is 1.73. The average Bonchev–Trinajstić information content (AvgIpc) is 3.10. The van der Waals surface area contributed by atoms with Crippen molar-refractivity contribution in [3.05, 3.63) is 155 Å². The van der Waals surface area contributed by atoms with E-state index >= 15 is 0 Å². The number of ether oxygens (including phenoxy) is 2. The molecule has 0 saturated carbocycles. The smallest absolute Gasteiger partial charge is 0.343 e. The van der Waals surface area contributed by atoms with Gasteiger partial charge in [0.05, 0.1) is 47.9 Å². The van der Waals surface area contributed by atoms with Crippen LogP contribution < -0.4 is 4.90 Å². The van der Waals surface area contributed by atoms with Gasteiger partial charge < -0.3 is 9.47 Å². The summed E-state index contributed by atoms with van der Waals surface area (Å²) in [4.78, 5) is 43.9. The fourth-order valence-electron chi connectivity index (χ4n) is 6.35. The van der Waals surface area contributed by atoms with Crippen LogP contribution in [0.5, 0.6) is 0 Å². The first-order valence-electron chi connectivity index (χ1n) is 14.9. The maximum atomic E-state index is 14.9. The number of nitrogens with zero attached hydrogens (tertiary/aromatic N) is 2. The van der Waals surface area contributed by atoms with E-state index in [9.17, 15) is 22.8 Å². The molecule has 1 saturated heterocycles. The minimum absolute atomic E-state index is 0.00437. The predicted octanol–water partition coefficient (Wildman–Crippen LogP) is 6.31. The monoisotopic (exact) mass is 648 g/mol. The zero-order chi connectivity index (χ0) is 33.3. The van der Waals surface area contributed by atoms with E-state index in [1.165, 1.54) is 31.3 Å². The second-order valence-electron chi connectivity index (χ2n) is 11.2. The summed E-state index contributed by atoms with van der Waals surface area (Å²) in [6.07, 6.45) is 1.75. The standard InChI is InChI=1S/C37H32N2O7S/c1-24-19-21-28(22-20-24)47(43,44)39-34(26-15-9-5-10-16-26)32-30(38(37(39)42)27-17-11-6-12-18-27)23-29(25-13-7-4-8-14-25)31(35(40)45-2)33(32)36(41)46-3/h4-23,29,32,34H,1-3H3/t29-,32-,34-/m1/s1. The molecule has 1 fully saturated rings. The van der Waals surface area contributed by atoms with Gasteiger partial charge in [-0.1, -0.05) is 103 Å². The molecule has 2 amide bonds. The number of rotatable bonds is 7. The summed E-state index contributed by atoms with van der Waals surface area (Å²) in [6, 6.07) is 30.3. The van der Waals surface area contributed by atoms with Crippen LogP contribution in [-0.2, 0) is 29.1 Å². The molecule has 238 valence electrons. The van der Waals surface area contributed by atoms with Gasteiger partial charge in [0.2, 0.25) is 0 Å². The largest absolute Gasteiger partial charge is 0.466 e.